The first-order valence-corrected chi connectivity index (χ1v) is 5.16. The van der Waals surface area contributed by atoms with Crippen molar-refractivity contribution in [3.8, 4) is 6.07 Å². The Balaban J connectivity index is 3.18. The maximum atomic E-state index is 11.1. The quantitative estimate of drug-likeness (QED) is 0.631. The van der Waals surface area contributed by atoms with Crippen LogP contribution in [0, 0.1) is 11.3 Å². The summed E-state index contributed by atoms with van der Waals surface area (Å²) < 4.78 is 0. The molecule has 0 unspecified atom stereocenters. The van der Waals surface area contributed by atoms with Gasteiger partial charge < -0.3 is 10.6 Å². The van der Waals surface area contributed by atoms with E-state index < -0.39 is 5.91 Å². The van der Waals surface area contributed by atoms with Crippen molar-refractivity contribution in [2.45, 2.75) is 6.92 Å². The summed E-state index contributed by atoms with van der Waals surface area (Å²) in [7, 11) is 3.89. The van der Waals surface area contributed by atoms with Gasteiger partial charge in [-0.15, -0.1) is 0 Å². The molecule has 0 aliphatic rings. The number of carbonyl (C=O) groups is 1. The van der Waals surface area contributed by atoms with Crippen LogP contribution in [0.15, 0.2) is 29.8 Å². The van der Waals surface area contributed by atoms with Crippen molar-refractivity contribution in [3.05, 3.63) is 35.4 Å². The zero-order valence-electron chi connectivity index (χ0n) is 10.2. The molecule has 4 heteroatoms. The lowest BCUT2D eigenvalue weighted by atomic mass is 10.0. The molecule has 0 radical (unpaired) electrons. The van der Waals surface area contributed by atoms with E-state index in [2.05, 4.69) is 0 Å². The first-order valence-electron chi connectivity index (χ1n) is 5.16. The van der Waals surface area contributed by atoms with Crippen LogP contribution in [-0.4, -0.2) is 20.0 Å². The molecule has 4 nitrogen and oxygen atoms in total. The van der Waals surface area contributed by atoms with Gasteiger partial charge >= 0.3 is 0 Å². The molecule has 0 aliphatic carbocycles. The van der Waals surface area contributed by atoms with Gasteiger partial charge in [0.1, 0.15) is 11.6 Å². The molecule has 1 rings (SSSR count). The Morgan fingerprint density at radius 2 is 1.82 bits per heavy atom. The number of primary amides is 1. The van der Waals surface area contributed by atoms with E-state index in [4.69, 9.17) is 11.0 Å². The van der Waals surface area contributed by atoms with E-state index in [9.17, 15) is 4.79 Å². The normalized spacial score (nSPS) is 11.4. The fraction of sp³-hybridized carbons (Fsp3) is 0.231. The number of nitriles is 1. The lowest BCUT2D eigenvalue weighted by molar-refractivity contribution is -0.114. The van der Waals surface area contributed by atoms with Crippen molar-refractivity contribution < 1.29 is 4.79 Å². The van der Waals surface area contributed by atoms with Crippen LogP contribution < -0.4 is 10.6 Å². The van der Waals surface area contributed by atoms with Gasteiger partial charge in [-0.2, -0.15) is 5.26 Å². The van der Waals surface area contributed by atoms with E-state index in [0.29, 0.717) is 5.57 Å². The molecule has 0 spiro atoms. The highest BCUT2D eigenvalue weighted by Gasteiger charge is 2.10. The highest BCUT2D eigenvalue weighted by Crippen LogP contribution is 2.21. The first kappa shape index (κ1) is 12.8. The second-order valence-corrected chi connectivity index (χ2v) is 3.92. The van der Waals surface area contributed by atoms with E-state index in [1.54, 1.807) is 6.92 Å². The zero-order valence-corrected chi connectivity index (χ0v) is 10.2. The Kier molecular flexibility index (Phi) is 3.89. The number of allylic oxidation sites excluding steroid dienone is 1. The molecule has 0 saturated heterocycles. The minimum absolute atomic E-state index is 0.00241. The van der Waals surface area contributed by atoms with Crippen LogP contribution in [0.2, 0.25) is 0 Å². The van der Waals surface area contributed by atoms with E-state index in [-0.39, 0.29) is 5.57 Å². The van der Waals surface area contributed by atoms with Crippen LogP contribution in [0.4, 0.5) is 5.69 Å². The molecule has 17 heavy (non-hydrogen) atoms. The largest absolute Gasteiger partial charge is 0.378 e. The molecule has 1 aromatic rings. The molecule has 0 saturated carbocycles. The number of rotatable bonds is 3. The molecule has 0 fully saturated rings. The van der Waals surface area contributed by atoms with Gasteiger partial charge in [0.05, 0.1) is 0 Å². The van der Waals surface area contributed by atoms with E-state index in [1.165, 1.54) is 0 Å². The van der Waals surface area contributed by atoms with Crippen molar-refractivity contribution in [1.29, 1.82) is 5.26 Å². The first-order chi connectivity index (χ1) is 7.97. The average molecular weight is 229 g/mol. The van der Waals surface area contributed by atoms with Crippen molar-refractivity contribution in [1.82, 2.24) is 0 Å². The Hall–Kier alpha value is -2.28. The fourth-order valence-electron chi connectivity index (χ4n) is 1.48. The van der Waals surface area contributed by atoms with Crippen molar-refractivity contribution in [3.63, 3.8) is 0 Å². The standard InChI is InChI=1S/C13H15N3O/c1-9(12(8-14)13(15)17)10-4-6-11(7-5-10)16(2)3/h4-7H,1-3H3,(H2,15,17)/b12-9-. The van der Waals surface area contributed by atoms with Gasteiger partial charge in [0, 0.05) is 19.8 Å². The minimum Gasteiger partial charge on any atom is -0.378 e. The highest BCUT2D eigenvalue weighted by atomic mass is 16.1. The maximum absolute atomic E-state index is 11.1. The number of hydrogen-bond acceptors (Lipinski definition) is 3. The van der Waals surface area contributed by atoms with E-state index >= 15 is 0 Å². The lowest BCUT2D eigenvalue weighted by Crippen LogP contribution is -2.14. The summed E-state index contributed by atoms with van der Waals surface area (Å²) in [5, 5.41) is 8.85. The summed E-state index contributed by atoms with van der Waals surface area (Å²) in [6, 6.07) is 9.41. The lowest BCUT2D eigenvalue weighted by Gasteiger charge is -2.13. The van der Waals surface area contributed by atoms with Crippen LogP contribution >= 0.6 is 0 Å². The van der Waals surface area contributed by atoms with Gasteiger partial charge in [-0.25, -0.2) is 0 Å². The number of amides is 1. The Bertz CT molecular complexity index is 492. The topological polar surface area (TPSA) is 70.1 Å². The Morgan fingerprint density at radius 1 is 1.29 bits per heavy atom. The summed E-state index contributed by atoms with van der Waals surface area (Å²) in [4.78, 5) is 13.0. The number of hydrogen-bond donors (Lipinski definition) is 1. The number of anilines is 1. The van der Waals surface area contributed by atoms with Gasteiger partial charge in [0.25, 0.3) is 5.91 Å². The SMILES string of the molecule is C/C(=C(\C#N)C(N)=O)c1ccc(N(C)C)cc1. The van der Waals surface area contributed by atoms with Crippen LogP contribution in [-0.2, 0) is 4.79 Å². The Morgan fingerprint density at radius 3 is 2.18 bits per heavy atom. The van der Waals surface area contributed by atoms with Gasteiger partial charge in [-0.05, 0) is 30.2 Å². The number of nitrogens with two attached hydrogens (primary N) is 1. The zero-order chi connectivity index (χ0) is 13.0. The average Bonchev–Trinajstić information content (AvgIpc) is 2.29. The summed E-state index contributed by atoms with van der Waals surface area (Å²) in [5.74, 6) is -0.693. The monoisotopic (exact) mass is 229 g/mol. The van der Waals surface area contributed by atoms with Crippen molar-refractivity contribution in [2.24, 2.45) is 5.73 Å². The molecule has 0 aliphatic heterocycles. The highest BCUT2D eigenvalue weighted by molar-refractivity contribution is 6.03. The van der Waals surface area contributed by atoms with Crippen LogP contribution in [0.1, 0.15) is 12.5 Å². The third-order valence-corrected chi connectivity index (χ3v) is 2.55. The third kappa shape index (κ3) is 2.85. The minimum atomic E-state index is -0.693. The van der Waals surface area contributed by atoms with Gasteiger partial charge in [0.15, 0.2) is 0 Å². The second kappa shape index (κ2) is 5.17. The molecule has 0 atom stereocenters. The molecular formula is C13H15N3O. The molecule has 1 amide bonds. The van der Waals surface area contributed by atoms with Gasteiger partial charge in [0.2, 0.25) is 0 Å². The number of nitrogens with zero attached hydrogens (tertiary/aromatic N) is 2. The molecule has 1 aromatic carbocycles. The summed E-state index contributed by atoms with van der Waals surface area (Å²) >= 11 is 0. The molecular weight excluding hydrogens is 214 g/mol. The fourth-order valence-corrected chi connectivity index (χ4v) is 1.48. The van der Waals surface area contributed by atoms with Gasteiger partial charge in [-0.3, -0.25) is 4.79 Å². The summed E-state index contributed by atoms with van der Waals surface area (Å²) in [5.41, 5.74) is 7.62. The van der Waals surface area contributed by atoms with Crippen LogP contribution in [0.5, 0.6) is 0 Å². The summed E-state index contributed by atoms with van der Waals surface area (Å²) in [6.07, 6.45) is 0. The van der Waals surface area contributed by atoms with Crippen LogP contribution in [0.3, 0.4) is 0 Å². The summed E-state index contributed by atoms with van der Waals surface area (Å²) in [6.45, 7) is 1.72. The van der Waals surface area contributed by atoms with Crippen molar-refractivity contribution in [2.75, 3.05) is 19.0 Å². The predicted molar refractivity (Wildman–Crippen MR) is 68.2 cm³/mol. The molecule has 0 bridgehead atoms. The maximum Gasteiger partial charge on any atom is 0.259 e. The smallest absolute Gasteiger partial charge is 0.259 e. The molecule has 88 valence electrons. The third-order valence-electron chi connectivity index (χ3n) is 2.55. The van der Waals surface area contributed by atoms with Gasteiger partial charge in [-0.1, -0.05) is 12.1 Å². The number of carbonyl (C=O) groups excluding carboxylic acids is 1. The molecule has 2 N–H and O–H groups in total. The van der Waals surface area contributed by atoms with E-state index in [1.807, 2.05) is 49.3 Å². The van der Waals surface area contributed by atoms with E-state index in [0.717, 1.165) is 11.3 Å². The number of benzene rings is 1. The van der Waals surface area contributed by atoms with Crippen LogP contribution in [0.25, 0.3) is 5.57 Å². The molecule has 0 heterocycles. The predicted octanol–water partition coefficient (Wildman–Crippen LogP) is 1.53. The van der Waals surface area contributed by atoms with Crippen molar-refractivity contribution >= 4 is 17.2 Å². The molecule has 0 aromatic heterocycles. The second-order valence-electron chi connectivity index (χ2n) is 3.92. The Labute approximate surface area is 101 Å².